The molecule has 0 saturated heterocycles. The SMILES string of the molecule is CNC(=O)[C@]12CC1[C@@H](n1cnc3c(C)nc(C#Cc4ccccc4)nc31)[C@H](O)[C@@H]2O. The highest BCUT2D eigenvalue weighted by Gasteiger charge is 2.75. The monoisotopic (exact) mass is 403 g/mol. The number of aliphatic hydroxyl groups excluding tert-OH is 2. The molecule has 0 bridgehead atoms. The van der Waals surface area contributed by atoms with Crippen molar-refractivity contribution < 1.29 is 15.0 Å². The van der Waals surface area contributed by atoms with E-state index < -0.39 is 23.7 Å². The van der Waals surface area contributed by atoms with Crippen molar-refractivity contribution in [3.8, 4) is 11.8 Å². The first-order valence-corrected chi connectivity index (χ1v) is 9.84. The third-order valence-electron chi connectivity index (χ3n) is 6.33. The molecule has 2 heterocycles. The molecule has 3 aromatic rings. The number of aromatic nitrogens is 4. The number of benzene rings is 1. The van der Waals surface area contributed by atoms with Gasteiger partial charge in [-0.1, -0.05) is 24.1 Å². The van der Waals surface area contributed by atoms with E-state index in [0.29, 0.717) is 29.1 Å². The topological polar surface area (TPSA) is 113 Å². The molecule has 2 saturated carbocycles. The minimum atomic E-state index is -1.13. The summed E-state index contributed by atoms with van der Waals surface area (Å²) in [7, 11) is 1.54. The molecule has 2 aliphatic carbocycles. The van der Waals surface area contributed by atoms with Gasteiger partial charge in [-0.05, 0) is 31.4 Å². The number of amides is 1. The van der Waals surface area contributed by atoms with Crippen LogP contribution in [0.5, 0.6) is 0 Å². The lowest BCUT2D eigenvalue weighted by Gasteiger charge is -2.23. The summed E-state index contributed by atoms with van der Waals surface area (Å²) >= 11 is 0. The van der Waals surface area contributed by atoms with E-state index in [1.54, 1.807) is 17.9 Å². The van der Waals surface area contributed by atoms with Crippen LogP contribution in [0.25, 0.3) is 11.2 Å². The van der Waals surface area contributed by atoms with E-state index in [4.69, 9.17) is 0 Å². The van der Waals surface area contributed by atoms with Crippen LogP contribution in [0.3, 0.4) is 0 Å². The molecule has 5 atom stereocenters. The quantitative estimate of drug-likeness (QED) is 0.539. The van der Waals surface area contributed by atoms with E-state index in [-0.39, 0.29) is 11.8 Å². The molecule has 2 fully saturated rings. The summed E-state index contributed by atoms with van der Waals surface area (Å²) in [5.41, 5.74) is 1.73. The summed E-state index contributed by atoms with van der Waals surface area (Å²) in [5.74, 6) is 5.96. The number of imidazole rings is 1. The lowest BCUT2D eigenvalue weighted by molar-refractivity contribution is -0.132. The maximum atomic E-state index is 12.4. The summed E-state index contributed by atoms with van der Waals surface area (Å²) in [6, 6.07) is 9.07. The van der Waals surface area contributed by atoms with E-state index in [9.17, 15) is 15.0 Å². The second kappa shape index (κ2) is 6.62. The normalized spacial score (nSPS) is 29.2. The molecular formula is C22H21N5O3. The van der Waals surface area contributed by atoms with Crippen molar-refractivity contribution in [1.29, 1.82) is 0 Å². The van der Waals surface area contributed by atoms with Crippen LogP contribution >= 0.6 is 0 Å². The van der Waals surface area contributed by atoms with Gasteiger partial charge in [-0.2, -0.15) is 0 Å². The van der Waals surface area contributed by atoms with Crippen molar-refractivity contribution >= 4 is 17.1 Å². The highest BCUT2D eigenvalue weighted by Crippen LogP contribution is 2.67. The average molecular weight is 403 g/mol. The maximum Gasteiger partial charge on any atom is 0.229 e. The number of nitrogens with one attached hydrogen (secondary N) is 1. The zero-order chi connectivity index (χ0) is 21.0. The van der Waals surface area contributed by atoms with Crippen molar-refractivity contribution in [3.05, 3.63) is 53.7 Å². The number of rotatable bonds is 2. The van der Waals surface area contributed by atoms with Gasteiger partial charge in [0.15, 0.2) is 5.65 Å². The molecule has 152 valence electrons. The number of nitrogens with zero attached hydrogens (tertiary/aromatic N) is 4. The van der Waals surface area contributed by atoms with Crippen LogP contribution in [-0.4, -0.2) is 54.9 Å². The molecular weight excluding hydrogens is 382 g/mol. The smallest absolute Gasteiger partial charge is 0.229 e. The van der Waals surface area contributed by atoms with Gasteiger partial charge in [-0.3, -0.25) is 4.79 Å². The summed E-state index contributed by atoms with van der Waals surface area (Å²) in [6.07, 6.45) is -0.114. The second-order valence-corrected chi connectivity index (χ2v) is 7.93. The molecule has 30 heavy (non-hydrogen) atoms. The van der Waals surface area contributed by atoms with Crippen LogP contribution < -0.4 is 5.32 Å². The second-order valence-electron chi connectivity index (χ2n) is 7.93. The molecule has 8 heteroatoms. The fourth-order valence-electron chi connectivity index (χ4n) is 4.77. The van der Waals surface area contributed by atoms with E-state index in [0.717, 1.165) is 5.56 Å². The number of hydrogen-bond donors (Lipinski definition) is 3. The van der Waals surface area contributed by atoms with Gasteiger partial charge < -0.3 is 20.1 Å². The Morgan fingerprint density at radius 1 is 1.23 bits per heavy atom. The fraction of sp³-hybridized carbons (Fsp3) is 0.364. The summed E-state index contributed by atoms with van der Waals surface area (Å²) < 4.78 is 1.76. The number of fused-ring (bicyclic) bond motifs is 2. The third kappa shape index (κ3) is 2.56. The zero-order valence-electron chi connectivity index (χ0n) is 16.6. The van der Waals surface area contributed by atoms with Crippen molar-refractivity contribution in [3.63, 3.8) is 0 Å². The van der Waals surface area contributed by atoms with Crippen LogP contribution in [0.2, 0.25) is 0 Å². The zero-order valence-corrected chi connectivity index (χ0v) is 16.6. The Labute approximate surface area is 173 Å². The Kier molecular flexibility index (Phi) is 4.13. The fourth-order valence-corrected chi connectivity index (χ4v) is 4.77. The van der Waals surface area contributed by atoms with Crippen LogP contribution in [0, 0.1) is 30.1 Å². The average Bonchev–Trinajstić information content (AvgIpc) is 3.29. The van der Waals surface area contributed by atoms with Gasteiger partial charge in [0.05, 0.1) is 29.6 Å². The van der Waals surface area contributed by atoms with E-state index in [1.807, 2.05) is 37.3 Å². The van der Waals surface area contributed by atoms with Crippen molar-refractivity contribution in [2.75, 3.05) is 7.05 Å². The molecule has 2 aromatic heterocycles. The predicted octanol–water partition coefficient (Wildman–Crippen LogP) is 0.563. The molecule has 1 amide bonds. The first-order chi connectivity index (χ1) is 14.5. The number of carbonyl (C=O) groups excluding carboxylic acids is 1. The first-order valence-electron chi connectivity index (χ1n) is 9.84. The third-order valence-corrected chi connectivity index (χ3v) is 6.33. The number of hydrogen-bond acceptors (Lipinski definition) is 6. The van der Waals surface area contributed by atoms with Crippen molar-refractivity contribution in [2.45, 2.75) is 31.6 Å². The molecule has 5 rings (SSSR count). The van der Waals surface area contributed by atoms with Crippen LogP contribution in [0.4, 0.5) is 0 Å². The van der Waals surface area contributed by atoms with Crippen LogP contribution in [0.1, 0.15) is 29.5 Å². The van der Waals surface area contributed by atoms with Crippen molar-refractivity contribution in [2.24, 2.45) is 11.3 Å². The van der Waals surface area contributed by atoms with Crippen LogP contribution in [0.15, 0.2) is 36.7 Å². The van der Waals surface area contributed by atoms with E-state index in [1.165, 1.54) is 0 Å². The molecule has 1 aromatic carbocycles. The summed E-state index contributed by atoms with van der Waals surface area (Å²) in [5, 5.41) is 24.0. The number of aliphatic hydroxyl groups is 2. The Hall–Kier alpha value is -3.28. The highest BCUT2D eigenvalue weighted by atomic mass is 16.3. The van der Waals surface area contributed by atoms with Gasteiger partial charge in [0.2, 0.25) is 11.7 Å². The van der Waals surface area contributed by atoms with Gasteiger partial charge in [-0.25, -0.2) is 15.0 Å². The standard InChI is InChI=1S/C22H21N5O3/c1-12-16-20(26-15(25-12)9-8-13-6-4-3-5-7-13)27(11-24-16)17-14-10-22(14,21(30)23-2)19(29)18(17)28/h3-7,11,14,17-19,28-29H,10H2,1-2H3,(H,23,30)/t14?,17-,18+,19+,22-/m1/s1. The Morgan fingerprint density at radius 3 is 2.73 bits per heavy atom. The molecule has 0 aliphatic heterocycles. The predicted molar refractivity (Wildman–Crippen MR) is 108 cm³/mol. The van der Waals surface area contributed by atoms with Gasteiger partial charge >= 0.3 is 0 Å². The number of carbonyl (C=O) groups is 1. The molecule has 1 unspecified atom stereocenters. The first kappa shape index (κ1) is 18.7. The maximum absolute atomic E-state index is 12.4. The molecule has 8 nitrogen and oxygen atoms in total. The minimum Gasteiger partial charge on any atom is -0.389 e. The van der Waals surface area contributed by atoms with Gasteiger partial charge in [-0.15, -0.1) is 0 Å². The Balaban J connectivity index is 1.56. The van der Waals surface area contributed by atoms with Crippen molar-refractivity contribution in [1.82, 2.24) is 24.8 Å². The van der Waals surface area contributed by atoms with E-state index in [2.05, 4.69) is 32.1 Å². The molecule has 3 N–H and O–H groups in total. The molecule has 0 spiro atoms. The Bertz CT molecular complexity index is 1210. The van der Waals surface area contributed by atoms with E-state index >= 15 is 0 Å². The summed E-state index contributed by atoms with van der Waals surface area (Å²) in [6.45, 7) is 1.83. The van der Waals surface area contributed by atoms with Gasteiger partial charge in [0, 0.05) is 18.5 Å². The van der Waals surface area contributed by atoms with Crippen LogP contribution in [-0.2, 0) is 4.79 Å². The summed E-state index contributed by atoms with van der Waals surface area (Å²) in [4.78, 5) is 25.8. The largest absolute Gasteiger partial charge is 0.389 e. The van der Waals surface area contributed by atoms with Gasteiger partial charge in [0.1, 0.15) is 11.6 Å². The van der Waals surface area contributed by atoms with Gasteiger partial charge in [0.25, 0.3) is 0 Å². The number of aryl methyl sites for hydroxylation is 1. The lowest BCUT2D eigenvalue weighted by atomic mass is 9.98. The Morgan fingerprint density at radius 2 is 2.00 bits per heavy atom. The molecule has 0 radical (unpaired) electrons. The molecule has 2 aliphatic rings. The minimum absolute atomic E-state index is 0.186. The highest BCUT2D eigenvalue weighted by molar-refractivity contribution is 5.87. The lowest BCUT2D eigenvalue weighted by Crippen LogP contribution is -2.41.